The first kappa shape index (κ1) is 17.5. The number of hydrogen-bond acceptors (Lipinski definition) is 5. The Morgan fingerprint density at radius 1 is 1.16 bits per heavy atom. The summed E-state index contributed by atoms with van der Waals surface area (Å²) in [5, 5.41) is 3.43. The van der Waals surface area contributed by atoms with Gasteiger partial charge in [0.15, 0.2) is 0 Å². The monoisotopic (exact) mass is 339 g/mol. The maximum absolute atomic E-state index is 4.70. The first-order valence-corrected chi connectivity index (χ1v) is 9.23. The number of benzene rings is 1. The topological polar surface area (TPSA) is 44.3 Å². The molecular formula is C20H29N5. The lowest BCUT2D eigenvalue weighted by Crippen LogP contribution is -2.39. The summed E-state index contributed by atoms with van der Waals surface area (Å²) in [5.41, 5.74) is 2.23. The SMILES string of the molecule is CCC1CCCCN1c1cc(Nc2ccc(N(C)C)cc2)nc(C)n1. The third-order valence-corrected chi connectivity index (χ3v) is 4.87. The minimum absolute atomic E-state index is 0.593. The fraction of sp³-hybridized carbons (Fsp3) is 0.500. The molecule has 0 bridgehead atoms. The molecule has 2 aromatic rings. The Morgan fingerprint density at radius 2 is 1.92 bits per heavy atom. The van der Waals surface area contributed by atoms with Crippen molar-refractivity contribution in [3.05, 3.63) is 36.2 Å². The third kappa shape index (κ3) is 4.21. The molecule has 1 fully saturated rings. The minimum atomic E-state index is 0.593. The predicted octanol–water partition coefficient (Wildman–Crippen LogP) is 4.36. The number of nitrogens with one attached hydrogen (secondary N) is 1. The molecule has 1 aromatic heterocycles. The third-order valence-electron chi connectivity index (χ3n) is 4.87. The van der Waals surface area contributed by atoms with Crippen LogP contribution in [0.2, 0.25) is 0 Å². The first-order valence-electron chi connectivity index (χ1n) is 9.23. The highest BCUT2D eigenvalue weighted by Crippen LogP contribution is 2.27. The molecule has 134 valence electrons. The van der Waals surface area contributed by atoms with E-state index in [-0.39, 0.29) is 0 Å². The van der Waals surface area contributed by atoms with E-state index in [9.17, 15) is 0 Å². The van der Waals surface area contributed by atoms with Crippen LogP contribution in [-0.4, -0.2) is 36.6 Å². The summed E-state index contributed by atoms with van der Waals surface area (Å²) in [5.74, 6) is 2.72. The van der Waals surface area contributed by atoms with Crippen molar-refractivity contribution >= 4 is 23.0 Å². The van der Waals surface area contributed by atoms with E-state index in [1.54, 1.807) is 0 Å². The maximum Gasteiger partial charge on any atom is 0.136 e. The van der Waals surface area contributed by atoms with Crippen molar-refractivity contribution in [3.8, 4) is 0 Å². The Morgan fingerprint density at radius 3 is 2.60 bits per heavy atom. The molecule has 5 heteroatoms. The molecule has 0 spiro atoms. The molecule has 1 aliphatic heterocycles. The van der Waals surface area contributed by atoms with Crippen LogP contribution < -0.4 is 15.1 Å². The summed E-state index contributed by atoms with van der Waals surface area (Å²) < 4.78 is 0. The molecule has 2 heterocycles. The Bertz CT molecular complexity index is 696. The van der Waals surface area contributed by atoms with Gasteiger partial charge in [-0.1, -0.05) is 6.92 Å². The van der Waals surface area contributed by atoms with Crippen molar-refractivity contribution < 1.29 is 0 Å². The average molecular weight is 339 g/mol. The maximum atomic E-state index is 4.70. The molecule has 1 atom stereocenters. The van der Waals surface area contributed by atoms with Gasteiger partial charge in [-0.25, -0.2) is 9.97 Å². The van der Waals surface area contributed by atoms with Gasteiger partial charge in [-0.2, -0.15) is 0 Å². The number of hydrogen-bond donors (Lipinski definition) is 1. The first-order chi connectivity index (χ1) is 12.1. The average Bonchev–Trinajstić information content (AvgIpc) is 2.61. The summed E-state index contributed by atoms with van der Waals surface area (Å²) in [6.45, 7) is 5.32. The Balaban J connectivity index is 1.81. The van der Waals surface area contributed by atoms with E-state index >= 15 is 0 Å². The van der Waals surface area contributed by atoms with Gasteiger partial charge in [-0.15, -0.1) is 0 Å². The Kier molecular flexibility index (Phi) is 5.41. The summed E-state index contributed by atoms with van der Waals surface area (Å²) in [4.78, 5) is 13.8. The van der Waals surface area contributed by atoms with Crippen LogP contribution >= 0.6 is 0 Å². The molecule has 3 rings (SSSR count). The largest absolute Gasteiger partial charge is 0.378 e. The van der Waals surface area contributed by atoms with Crippen LogP contribution in [0.5, 0.6) is 0 Å². The van der Waals surface area contributed by atoms with Crippen LogP contribution in [-0.2, 0) is 0 Å². The van der Waals surface area contributed by atoms with Crippen LogP contribution in [0.3, 0.4) is 0 Å². The number of piperidine rings is 1. The zero-order valence-electron chi connectivity index (χ0n) is 15.8. The van der Waals surface area contributed by atoms with Gasteiger partial charge < -0.3 is 15.1 Å². The van der Waals surface area contributed by atoms with Crippen molar-refractivity contribution in [2.45, 2.75) is 45.6 Å². The minimum Gasteiger partial charge on any atom is -0.378 e. The van der Waals surface area contributed by atoms with Gasteiger partial charge in [0.1, 0.15) is 17.5 Å². The van der Waals surface area contributed by atoms with Crippen LogP contribution in [0.4, 0.5) is 23.0 Å². The second kappa shape index (κ2) is 7.72. The fourth-order valence-corrected chi connectivity index (χ4v) is 3.48. The molecule has 5 nitrogen and oxygen atoms in total. The second-order valence-electron chi connectivity index (χ2n) is 6.98. The van der Waals surface area contributed by atoms with Crippen LogP contribution in [0.15, 0.2) is 30.3 Å². The molecule has 25 heavy (non-hydrogen) atoms. The Hall–Kier alpha value is -2.30. The molecule has 0 aliphatic carbocycles. The molecule has 1 saturated heterocycles. The van der Waals surface area contributed by atoms with Gasteiger partial charge in [0, 0.05) is 44.1 Å². The summed E-state index contributed by atoms with van der Waals surface area (Å²) >= 11 is 0. The zero-order chi connectivity index (χ0) is 17.8. The molecule has 1 aromatic carbocycles. The van der Waals surface area contributed by atoms with Crippen LogP contribution in [0.25, 0.3) is 0 Å². The van der Waals surface area contributed by atoms with Gasteiger partial charge in [0.2, 0.25) is 0 Å². The number of aromatic nitrogens is 2. The van der Waals surface area contributed by atoms with Gasteiger partial charge in [-0.3, -0.25) is 0 Å². The molecular weight excluding hydrogens is 310 g/mol. The summed E-state index contributed by atoms with van der Waals surface area (Å²) in [7, 11) is 4.09. The normalized spacial score (nSPS) is 17.4. The van der Waals surface area contributed by atoms with Crippen molar-refractivity contribution in [2.75, 3.05) is 35.8 Å². The predicted molar refractivity (Wildman–Crippen MR) is 106 cm³/mol. The lowest BCUT2D eigenvalue weighted by molar-refractivity contribution is 0.446. The van der Waals surface area contributed by atoms with Crippen LogP contribution in [0, 0.1) is 6.92 Å². The highest BCUT2D eigenvalue weighted by atomic mass is 15.2. The second-order valence-corrected chi connectivity index (χ2v) is 6.98. The number of anilines is 4. The highest BCUT2D eigenvalue weighted by molar-refractivity contribution is 5.62. The van der Waals surface area contributed by atoms with E-state index in [0.29, 0.717) is 6.04 Å². The Labute approximate surface area is 151 Å². The van der Waals surface area contributed by atoms with Crippen molar-refractivity contribution in [1.82, 2.24) is 9.97 Å². The van der Waals surface area contributed by atoms with Crippen molar-refractivity contribution in [1.29, 1.82) is 0 Å². The summed E-state index contributed by atoms with van der Waals surface area (Å²) in [6, 6.07) is 11.1. The van der Waals surface area contributed by atoms with Crippen molar-refractivity contribution in [3.63, 3.8) is 0 Å². The van der Waals surface area contributed by atoms with Gasteiger partial charge >= 0.3 is 0 Å². The van der Waals surface area contributed by atoms with Gasteiger partial charge in [-0.05, 0) is 56.9 Å². The number of aryl methyl sites for hydroxylation is 1. The molecule has 0 amide bonds. The van der Waals surface area contributed by atoms with Crippen LogP contribution in [0.1, 0.15) is 38.4 Å². The van der Waals surface area contributed by atoms with E-state index in [0.717, 1.165) is 36.1 Å². The lowest BCUT2D eigenvalue weighted by atomic mass is 10.00. The standard InChI is InChI=1S/C20H29N5/c1-5-17-8-6-7-13-25(17)20-14-19(21-15(2)22-20)23-16-9-11-18(12-10-16)24(3)4/h9-12,14,17H,5-8,13H2,1-4H3,(H,21,22,23). The van der Waals surface area contributed by atoms with E-state index in [4.69, 9.17) is 4.98 Å². The molecule has 1 N–H and O–H groups in total. The lowest BCUT2D eigenvalue weighted by Gasteiger charge is -2.36. The number of nitrogens with zero attached hydrogens (tertiary/aromatic N) is 4. The quantitative estimate of drug-likeness (QED) is 0.876. The van der Waals surface area contributed by atoms with Crippen molar-refractivity contribution in [2.24, 2.45) is 0 Å². The highest BCUT2D eigenvalue weighted by Gasteiger charge is 2.22. The van der Waals surface area contributed by atoms with E-state index in [1.165, 1.54) is 24.9 Å². The zero-order valence-corrected chi connectivity index (χ0v) is 15.8. The van der Waals surface area contributed by atoms with E-state index < -0.39 is 0 Å². The van der Waals surface area contributed by atoms with Gasteiger partial charge in [0.25, 0.3) is 0 Å². The molecule has 1 unspecified atom stereocenters. The summed E-state index contributed by atoms with van der Waals surface area (Å²) in [6.07, 6.45) is 4.99. The molecule has 0 saturated carbocycles. The molecule has 1 aliphatic rings. The smallest absolute Gasteiger partial charge is 0.136 e. The molecule has 0 radical (unpaired) electrons. The fourth-order valence-electron chi connectivity index (χ4n) is 3.48. The number of rotatable bonds is 5. The van der Waals surface area contributed by atoms with Gasteiger partial charge in [0.05, 0.1) is 0 Å². The van der Waals surface area contributed by atoms with E-state index in [1.807, 2.05) is 21.0 Å². The van der Waals surface area contributed by atoms with E-state index in [2.05, 4.69) is 57.4 Å².